The van der Waals surface area contributed by atoms with E-state index >= 15 is 0 Å². The average molecular weight is 270 g/mol. The van der Waals surface area contributed by atoms with E-state index in [4.69, 9.17) is 21.1 Å². The topological polar surface area (TPSA) is 34.2 Å². The molecule has 2 heterocycles. The Morgan fingerprint density at radius 1 is 1.29 bits per heavy atom. The molecule has 90 valence electrons. The highest BCUT2D eigenvalue weighted by Gasteiger charge is 2.16. The molecule has 0 saturated carbocycles. The summed E-state index contributed by atoms with van der Waals surface area (Å²) in [4.78, 5) is 3.26. The highest BCUT2D eigenvalue weighted by molar-refractivity contribution is 7.98. The lowest BCUT2D eigenvalue weighted by atomic mass is 10.2. The maximum Gasteiger partial charge on any atom is 0.231 e. The number of fused-ring (bicyclic) bond motifs is 2. The van der Waals surface area contributed by atoms with Gasteiger partial charge in [-0.3, -0.25) is 0 Å². The molecule has 0 saturated heterocycles. The molecule has 2 aromatic rings. The van der Waals surface area contributed by atoms with E-state index in [1.165, 1.54) is 10.9 Å². The monoisotopic (exact) mass is 269 g/mol. The highest BCUT2D eigenvalue weighted by atomic mass is 35.5. The van der Waals surface area contributed by atoms with Gasteiger partial charge in [-0.05, 0) is 11.6 Å². The lowest BCUT2D eigenvalue weighted by molar-refractivity contribution is 0.174. The molecule has 0 radical (unpaired) electrons. The summed E-state index contributed by atoms with van der Waals surface area (Å²) in [5, 5.41) is 1.20. The van der Waals surface area contributed by atoms with Crippen LogP contribution in [0.2, 0.25) is 0 Å². The molecule has 0 unspecified atom stereocenters. The molecule has 1 aromatic carbocycles. The average Bonchev–Trinajstić information content (AvgIpc) is 2.93. The zero-order chi connectivity index (χ0) is 11.7. The van der Waals surface area contributed by atoms with Gasteiger partial charge in [0.2, 0.25) is 6.79 Å². The standard InChI is InChI=1S/C12H12ClNO2S/c13-1-2-17-6-8-5-14-10-4-12-11(3-9(8)10)15-7-16-12/h3-5,14H,1-2,6-7H2. The summed E-state index contributed by atoms with van der Waals surface area (Å²) in [5.74, 6) is 4.28. The zero-order valence-corrected chi connectivity index (χ0v) is 10.7. The molecule has 3 nitrogen and oxygen atoms in total. The van der Waals surface area contributed by atoms with E-state index in [1.807, 2.05) is 30.1 Å². The van der Waals surface area contributed by atoms with Gasteiger partial charge >= 0.3 is 0 Å². The van der Waals surface area contributed by atoms with E-state index in [-0.39, 0.29) is 0 Å². The third-order valence-electron chi connectivity index (χ3n) is 2.74. The van der Waals surface area contributed by atoms with Crippen molar-refractivity contribution in [2.45, 2.75) is 5.75 Å². The number of aromatic amines is 1. The van der Waals surface area contributed by atoms with Crippen molar-refractivity contribution < 1.29 is 9.47 Å². The fourth-order valence-electron chi connectivity index (χ4n) is 1.93. The fourth-order valence-corrected chi connectivity index (χ4v) is 2.97. The van der Waals surface area contributed by atoms with Gasteiger partial charge in [-0.1, -0.05) is 0 Å². The van der Waals surface area contributed by atoms with E-state index in [1.54, 1.807) is 0 Å². The zero-order valence-electron chi connectivity index (χ0n) is 9.16. The summed E-state index contributed by atoms with van der Waals surface area (Å²) in [7, 11) is 0. The van der Waals surface area contributed by atoms with Crippen LogP contribution in [0.5, 0.6) is 11.5 Å². The number of alkyl halides is 1. The minimum Gasteiger partial charge on any atom is -0.454 e. The van der Waals surface area contributed by atoms with Crippen molar-refractivity contribution in [2.75, 3.05) is 18.4 Å². The van der Waals surface area contributed by atoms with E-state index in [9.17, 15) is 0 Å². The molecular weight excluding hydrogens is 258 g/mol. The van der Waals surface area contributed by atoms with Crippen molar-refractivity contribution in [3.63, 3.8) is 0 Å². The van der Waals surface area contributed by atoms with Crippen LogP contribution in [0.25, 0.3) is 10.9 Å². The summed E-state index contributed by atoms with van der Waals surface area (Å²) in [6, 6.07) is 4.04. The molecule has 5 heteroatoms. The summed E-state index contributed by atoms with van der Waals surface area (Å²) < 4.78 is 10.7. The Hall–Kier alpha value is -1.00. The van der Waals surface area contributed by atoms with E-state index in [0.29, 0.717) is 12.7 Å². The second-order valence-corrected chi connectivity index (χ2v) is 5.29. The van der Waals surface area contributed by atoms with Crippen LogP contribution in [0, 0.1) is 0 Å². The van der Waals surface area contributed by atoms with Gasteiger partial charge in [-0.15, -0.1) is 11.6 Å². The number of benzene rings is 1. The Kier molecular flexibility index (Phi) is 3.07. The predicted octanol–water partition coefficient (Wildman–Crippen LogP) is 3.37. The Labute approximate surface area is 108 Å². The smallest absolute Gasteiger partial charge is 0.231 e. The lowest BCUT2D eigenvalue weighted by Crippen LogP contribution is -1.92. The van der Waals surface area contributed by atoms with Crippen LogP contribution < -0.4 is 9.47 Å². The molecule has 0 amide bonds. The van der Waals surface area contributed by atoms with Gasteiger partial charge in [0, 0.05) is 40.6 Å². The van der Waals surface area contributed by atoms with E-state index in [2.05, 4.69) is 4.98 Å². The Morgan fingerprint density at radius 2 is 2.12 bits per heavy atom. The Morgan fingerprint density at radius 3 is 2.94 bits per heavy atom. The van der Waals surface area contributed by atoms with Crippen molar-refractivity contribution in [3.05, 3.63) is 23.9 Å². The summed E-state index contributed by atoms with van der Waals surface area (Å²) in [6.07, 6.45) is 2.04. The number of nitrogens with one attached hydrogen (secondary N) is 1. The van der Waals surface area contributed by atoms with Gasteiger partial charge in [0.15, 0.2) is 11.5 Å². The van der Waals surface area contributed by atoms with Crippen molar-refractivity contribution >= 4 is 34.3 Å². The molecule has 1 aromatic heterocycles. The third-order valence-corrected chi connectivity index (χ3v) is 4.16. The molecule has 17 heavy (non-hydrogen) atoms. The molecule has 0 fully saturated rings. The fraction of sp³-hybridized carbons (Fsp3) is 0.333. The van der Waals surface area contributed by atoms with Crippen molar-refractivity contribution in [1.82, 2.24) is 4.98 Å². The van der Waals surface area contributed by atoms with E-state index < -0.39 is 0 Å². The molecule has 1 N–H and O–H groups in total. The maximum absolute atomic E-state index is 5.67. The highest BCUT2D eigenvalue weighted by Crippen LogP contribution is 2.37. The van der Waals surface area contributed by atoms with Crippen LogP contribution in [0.3, 0.4) is 0 Å². The van der Waals surface area contributed by atoms with Crippen LogP contribution in [0.15, 0.2) is 18.3 Å². The lowest BCUT2D eigenvalue weighted by Gasteiger charge is -2.00. The Balaban J connectivity index is 1.92. The van der Waals surface area contributed by atoms with Crippen LogP contribution in [0.4, 0.5) is 0 Å². The van der Waals surface area contributed by atoms with Gasteiger partial charge in [0.05, 0.1) is 0 Å². The van der Waals surface area contributed by atoms with Gasteiger partial charge in [-0.2, -0.15) is 11.8 Å². The molecule has 0 aliphatic carbocycles. The third kappa shape index (κ3) is 2.07. The quantitative estimate of drug-likeness (QED) is 0.683. The minimum absolute atomic E-state index is 0.318. The van der Waals surface area contributed by atoms with E-state index in [0.717, 1.165) is 28.5 Å². The van der Waals surface area contributed by atoms with Gasteiger partial charge in [0.25, 0.3) is 0 Å². The summed E-state index contributed by atoms with van der Waals surface area (Å²) in [6.45, 7) is 0.318. The summed E-state index contributed by atoms with van der Waals surface area (Å²) >= 11 is 7.51. The maximum atomic E-state index is 5.67. The number of ether oxygens (including phenoxy) is 2. The second-order valence-electron chi connectivity index (χ2n) is 3.81. The van der Waals surface area contributed by atoms with Crippen molar-refractivity contribution in [1.29, 1.82) is 0 Å². The Bertz CT molecular complexity index is 541. The van der Waals surface area contributed by atoms with Gasteiger partial charge < -0.3 is 14.5 Å². The number of rotatable bonds is 4. The van der Waals surface area contributed by atoms with Crippen molar-refractivity contribution in [3.8, 4) is 11.5 Å². The van der Waals surface area contributed by atoms with Crippen LogP contribution in [0.1, 0.15) is 5.56 Å². The van der Waals surface area contributed by atoms with Crippen LogP contribution in [-0.2, 0) is 5.75 Å². The first-order valence-corrected chi connectivity index (χ1v) is 7.11. The molecule has 1 aliphatic heterocycles. The number of halogens is 1. The number of hydrogen-bond donors (Lipinski definition) is 1. The second kappa shape index (κ2) is 4.70. The molecular formula is C12H12ClNO2S. The molecule has 3 rings (SSSR count). The minimum atomic E-state index is 0.318. The number of hydrogen-bond acceptors (Lipinski definition) is 3. The summed E-state index contributed by atoms with van der Waals surface area (Å²) in [5.41, 5.74) is 2.38. The first-order valence-electron chi connectivity index (χ1n) is 5.42. The molecule has 1 aliphatic rings. The van der Waals surface area contributed by atoms with Gasteiger partial charge in [-0.25, -0.2) is 0 Å². The largest absolute Gasteiger partial charge is 0.454 e. The molecule has 0 spiro atoms. The van der Waals surface area contributed by atoms with Crippen LogP contribution >= 0.6 is 23.4 Å². The van der Waals surface area contributed by atoms with Crippen molar-refractivity contribution in [2.24, 2.45) is 0 Å². The predicted molar refractivity (Wildman–Crippen MR) is 71.3 cm³/mol. The van der Waals surface area contributed by atoms with Gasteiger partial charge in [0.1, 0.15) is 0 Å². The first kappa shape index (κ1) is 11.1. The number of aromatic nitrogens is 1. The molecule has 0 bridgehead atoms. The van der Waals surface area contributed by atoms with Crippen LogP contribution in [-0.4, -0.2) is 23.4 Å². The SMILES string of the molecule is ClCCSCc1c[nH]c2cc3c(cc12)OCO3. The first-order chi connectivity index (χ1) is 8.38. The molecule has 0 atom stereocenters. The number of thioether (sulfide) groups is 1. The normalized spacial score (nSPS) is 13.5. The number of H-pyrrole nitrogens is 1.